The molecule has 0 aliphatic rings. The van der Waals surface area contributed by atoms with Crippen LogP contribution < -0.4 is 5.32 Å². The maximum Gasteiger partial charge on any atom is 0.159 e. The first-order valence-electron chi connectivity index (χ1n) is 7.27. The highest BCUT2D eigenvalue weighted by Gasteiger charge is 2.13. The molecule has 0 bridgehead atoms. The Bertz CT molecular complexity index is 601. The Hall–Kier alpha value is -1.91. The number of anilines is 1. The van der Waals surface area contributed by atoms with Crippen molar-refractivity contribution in [1.82, 2.24) is 19.7 Å². The second-order valence-corrected chi connectivity index (χ2v) is 4.83. The summed E-state index contributed by atoms with van der Waals surface area (Å²) >= 11 is 0. The molecule has 2 aromatic rings. The summed E-state index contributed by atoms with van der Waals surface area (Å²) in [4.78, 5) is 9.09. The van der Waals surface area contributed by atoms with Crippen LogP contribution in [0.4, 0.5) is 5.82 Å². The highest BCUT2D eigenvalue weighted by Crippen LogP contribution is 2.19. The molecule has 0 fully saturated rings. The van der Waals surface area contributed by atoms with Crippen molar-refractivity contribution in [2.24, 2.45) is 0 Å². The molecule has 20 heavy (non-hydrogen) atoms. The van der Waals surface area contributed by atoms with Crippen LogP contribution >= 0.6 is 0 Å². The summed E-state index contributed by atoms with van der Waals surface area (Å²) in [5.41, 5.74) is 3.53. The number of hydrogen-bond acceptors (Lipinski definition) is 4. The lowest BCUT2D eigenvalue weighted by atomic mass is 10.1. The monoisotopic (exact) mass is 273 g/mol. The minimum absolute atomic E-state index is 0.812. The SMILES string of the molecule is CCNc1cc(-n2nc(C)c(CC)c2C)nc(CC)n1. The molecule has 0 atom stereocenters. The van der Waals surface area contributed by atoms with Crippen LogP contribution in [0.3, 0.4) is 0 Å². The van der Waals surface area contributed by atoms with Crippen LogP contribution in [0.2, 0.25) is 0 Å². The molecule has 0 unspecified atom stereocenters. The van der Waals surface area contributed by atoms with E-state index < -0.39 is 0 Å². The summed E-state index contributed by atoms with van der Waals surface area (Å²) in [5.74, 6) is 2.54. The Kier molecular flexibility index (Phi) is 4.37. The topological polar surface area (TPSA) is 55.6 Å². The van der Waals surface area contributed by atoms with Crippen molar-refractivity contribution in [1.29, 1.82) is 0 Å². The molecule has 0 aromatic carbocycles. The fourth-order valence-electron chi connectivity index (χ4n) is 2.43. The Morgan fingerprint density at radius 3 is 2.40 bits per heavy atom. The second kappa shape index (κ2) is 6.03. The van der Waals surface area contributed by atoms with E-state index in [-0.39, 0.29) is 0 Å². The van der Waals surface area contributed by atoms with E-state index in [1.165, 1.54) is 5.56 Å². The minimum atomic E-state index is 0.812. The van der Waals surface area contributed by atoms with Gasteiger partial charge >= 0.3 is 0 Å². The average molecular weight is 273 g/mol. The molecule has 0 aliphatic carbocycles. The van der Waals surface area contributed by atoms with Crippen LogP contribution in [-0.2, 0) is 12.8 Å². The molecule has 1 N–H and O–H groups in total. The van der Waals surface area contributed by atoms with Crippen LogP contribution in [0, 0.1) is 13.8 Å². The first-order valence-corrected chi connectivity index (χ1v) is 7.27. The highest BCUT2D eigenvalue weighted by atomic mass is 15.3. The summed E-state index contributed by atoms with van der Waals surface area (Å²) in [6, 6.07) is 1.96. The van der Waals surface area contributed by atoms with E-state index in [9.17, 15) is 0 Å². The van der Waals surface area contributed by atoms with Gasteiger partial charge in [0, 0.05) is 24.7 Å². The first-order chi connectivity index (χ1) is 9.60. The van der Waals surface area contributed by atoms with Gasteiger partial charge in [0.05, 0.1) is 5.69 Å². The summed E-state index contributed by atoms with van der Waals surface area (Å²) < 4.78 is 1.93. The van der Waals surface area contributed by atoms with Gasteiger partial charge < -0.3 is 5.32 Å². The molecule has 0 radical (unpaired) electrons. The molecule has 0 saturated carbocycles. The molecule has 5 nitrogen and oxygen atoms in total. The van der Waals surface area contributed by atoms with Crippen molar-refractivity contribution in [2.75, 3.05) is 11.9 Å². The quantitative estimate of drug-likeness (QED) is 0.910. The normalized spacial score (nSPS) is 10.8. The zero-order chi connectivity index (χ0) is 14.7. The zero-order valence-electron chi connectivity index (χ0n) is 13.0. The highest BCUT2D eigenvalue weighted by molar-refractivity contribution is 5.43. The number of hydrogen-bond donors (Lipinski definition) is 1. The zero-order valence-corrected chi connectivity index (χ0v) is 13.0. The molecule has 5 heteroatoms. The van der Waals surface area contributed by atoms with E-state index in [0.717, 1.165) is 48.2 Å². The van der Waals surface area contributed by atoms with Gasteiger partial charge in [-0.25, -0.2) is 14.6 Å². The van der Waals surface area contributed by atoms with E-state index in [1.54, 1.807) is 0 Å². The third kappa shape index (κ3) is 2.66. The fourth-order valence-corrected chi connectivity index (χ4v) is 2.43. The molecular weight excluding hydrogens is 250 g/mol. The van der Waals surface area contributed by atoms with Crippen molar-refractivity contribution in [3.63, 3.8) is 0 Å². The third-order valence-electron chi connectivity index (χ3n) is 3.44. The molecule has 2 rings (SSSR count). The van der Waals surface area contributed by atoms with Gasteiger partial charge in [-0.15, -0.1) is 0 Å². The molecule has 0 amide bonds. The number of aryl methyl sites for hydroxylation is 2. The van der Waals surface area contributed by atoms with E-state index >= 15 is 0 Å². The van der Waals surface area contributed by atoms with Crippen molar-refractivity contribution in [3.8, 4) is 5.82 Å². The Morgan fingerprint density at radius 2 is 1.85 bits per heavy atom. The fraction of sp³-hybridized carbons (Fsp3) is 0.533. The maximum atomic E-state index is 4.63. The molecule has 0 aliphatic heterocycles. The van der Waals surface area contributed by atoms with Gasteiger partial charge in [-0.1, -0.05) is 13.8 Å². The van der Waals surface area contributed by atoms with Crippen molar-refractivity contribution >= 4 is 5.82 Å². The van der Waals surface area contributed by atoms with Crippen LogP contribution in [-0.4, -0.2) is 26.3 Å². The van der Waals surface area contributed by atoms with Crippen molar-refractivity contribution in [3.05, 3.63) is 28.8 Å². The third-order valence-corrected chi connectivity index (χ3v) is 3.44. The number of rotatable bonds is 5. The number of nitrogens with one attached hydrogen (secondary N) is 1. The summed E-state index contributed by atoms with van der Waals surface area (Å²) in [6.07, 6.45) is 1.80. The molecule has 0 spiro atoms. The van der Waals surface area contributed by atoms with E-state index in [1.807, 2.05) is 10.7 Å². The van der Waals surface area contributed by atoms with Gasteiger partial charge in [0.1, 0.15) is 11.6 Å². The molecule has 0 saturated heterocycles. The molecular formula is C15H23N5. The predicted octanol–water partition coefficient (Wildman–Crippen LogP) is 2.84. The van der Waals surface area contributed by atoms with Crippen LogP contribution in [0.25, 0.3) is 5.82 Å². The summed E-state index contributed by atoms with van der Waals surface area (Å²) in [7, 11) is 0. The van der Waals surface area contributed by atoms with E-state index in [4.69, 9.17) is 0 Å². The Labute approximate surface area is 120 Å². The summed E-state index contributed by atoms with van der Waals surface area (Å²) in [5, 5.41) is 7.88. The van der Waals surface area contributed by atoms with Crippen LogP contribution in [0.15, 0.2) is 6.07 Å². The average Bonchev–Trinajstić information content (AvgIpc) is 2.73. The van der Waals surface area contributed by atoms with E-state index in [0.29, 0.717) is 0 Å². The maximum absolute atomic E-state index is 4.63. The lowest BCUT2D eigenvalue weighted by molar-refractivity contribution is 0.782. The van der Waals surface area contributed by atoms with Gasteiger partial charge in [-0.3, -0.25) is 0 Å². The smallest absolute Gasteiger partial charge is 0.159 e. The van der Waals surface area contributed by atoms with Gasteiger partial charge in [-0.05, 0) is 32.8 Å². The largest absolute Gasteiger partial charge is 0.370 e. The van der Waals surface area contributed by atoms with Crippen LogP contribution in [0.1, 0.15) is 43.5 Å². The summed E-state index contributed by atoms with van der Waals surface area (Å²) in [6.45, 7) is 11.3. The van der Waals surface area contributed by atoms with Crippen molar-refractivity contribution < 1.29 is 0 Å². The Morgan fingerprint density at radius 1 is 1.10 bits per heavy atom. The Balaban J connectivity index is 2.54. The number of nitrogens with zero attached hydrogens (tertiary/aromatic N) is 4. The van der Waals surface area contributed by atoms with E-state index in [2.05, 4.69) is 55.0 Å². The predicted molar refractivity (Wildman–Crippen MR) is 81.5 cm³/mol. The minimum Gasteiger partial charge on any atom is -0.370 e. The van der Waals surface area contributed by atoms with Gasteiger partial charge in [0.15, 0.2) is 5.82 Å². The van der Waals surface area contributed by atoms with Gasteiger partial charge in [0.25, 0.3) is 0 Å². The van der Waals surface area contributed by atoms with Crippen molar-refractivity contribution in [2.45, 2.75) is 47.5 Å². The first kappa shape index (κ1) is 14.5. The van der Waals surface area contributed by atoms with Crippen LogP contribution in [0.5, 0.6) is 0 Å². The molecule has 2 heterocycles. The lowest BCUT2D eigenvalue weighted by Crippen LogP contribution is -2.09. The molecule has 108 valence electrons. The number of aromatic nitrogens is 4. The van der Waals surface area contributed by atoms with Gasteiger partial charge in [-0.2, -0.15) is 5.10 Å². The lowest BCUT2D eigenvalue weighted by Gasteiger charge is -2.09. The molecule has 2 aromatic heterocycles. The standard InChI is InChI=1S/C15H23N5/c1-6-12-10(4)19-20(11(12)5)15-9-14(16-8-3)17-13(7-2)18-15/h9H,6-8H2,1-5H3,(H,16,17,18). The second-order valence-electron chi connectivity index (χ2n) is 4.83. The van der Waals surface area contributed by atoms with Gasteiger partial charge in [0.2, 0.25) is 0 Å².